The van der Waals surface area contributed by atoms with Crippen LogP contribution in [0.3, 0.4) is 0 Å². The third-order valence-electron chi connectivity index (χ3n) is 2.79. The summed E-state index contributed by atoms with van der Waals surface area (Å²) in [6, 6.07) is 7.24. The molecule has 0 fully saturated rings. The number of nitrogens with zero attached hydrogens (tertiary/aromatic N) is 2. The second-order valence-corrected chi connectivity index (χ2v) is 4.20. The van der Waals surface area contributed by atoms with Crippen molar-refractivity contribution >= 4 is 18.1 Å². The Morgan fingerprint density at radius 1 is 1.25 bits per heavy atom. The number of hydrogen-bond acceptors (Lipinski definition) is 4. The monoisotopic (exact) mass is 270 g/mol. The van der Waals surface area contributed by atoms with Crippen LogP contribution in [0.1, 0.15) is 27.3 Å². The molecule has 2 aromatic rings. The lowest BCUT2D eigenvalue weighted by Gasteiger charge is -2.04. The number of methoxy groups -OCH3 is 1. The molecule has 0 atom stereocenters. The van der Waals surface area contributed by atoms with Crippen LogP contribution in [0.5, 0.6) is 5.75 Å². The molecule has 0 saturated carbocycles. The Balaban J connectivity index is 2.25. The minimum atomic E-state index is -1.07. The molecule has 1 aromatic carbocycles. The van der Waals surface area contributed by atoms with Crippen LogP contribution in [0.4, 0.5) is 0 Å². The van der Waals surface area contributed by atoms with Crippen molar-refractivity contribution in [2.45, 2.75) is 6.92 Å². The van der Waals surface area contributed by atoms with Crippen molar-refractivity contribution in [1.29, 1.82) is 0 Å². The number of benzene rings is 1. The lowest BCUT2D eigenvalue weighted by atomic mass is 10.1. The highest BCUT2D eigenvalue weighted by Gasteiger charge is 2.04. The molecule has 2 rings (SSSR count). The van der Waals surface area contributed by atoms with Crippen molar-refractivity contribution in [2.24, 2.45) is 0 Å². The third-order valence-corrected chi connectivity index (χ3v) is 2.79. The first-order valence-electron chi connectivity index (χ1n) is 5.98. The van der Waals surface area contributed by atoms with Crippen LogP contribution in [0.2, 0.25) is 0 Å². The summed E-state index contributed by atoms with van der Waals surface area (Å²) in [5.41, 5.74) is 2.51. The van der Waals surface area contributed by atoms with E-state index in [1.54, 1.807) is 13.2 Å². The fourth-order valence-corrected chi connectivity index (χ4v) is 1.70. The van der Waals surface area contributed by atoms with Crippen LogP contribution < -0.4 is 4.74 Å². The van der Waals surface area contributed by atoms with E-state index in [4.69, 9.17) is 9.84 Å². The molecule has 0 aliphatic heterocycles. The van der Waals surface area contributed by atoms with Crippen LogP contribution in [-0.2, 0) is 0 Å². The van der Waals surface area contributed by atoms with E-state index in [1.807, 2.05) is 31.2 Å². The number of carboxylic acids is 1. The molecule has 1 heterocycles. The van der Waals surface area contributed by atoms with Gasteiger partial charge >= 0.3 is 5.97 Å². The lowest BCUT2D eigenvalue weighted by molar-refractivity contribution is 0.0690. The molecule has 102 valence electrons. The predicted octanol–water partition coefficient (Wildman–Crippen LogP) is 2.66. The maximum absolute atomic E-state index is 10.8. The molecular formula is C15H14N2O3. The van der Waals surface area contributed by atoms with E-state index in [1.165, 1.54) is 12.4 Å². The lowest BCUT2D eigenvalue weighted by Crippen LogP contribution is -2.00. The third kappa shape index (κ3) is 3.20. The van der Waals surface area contributed by atoms with Gasteiger partial charge in [-0.3, -0.25) is 0 Å². The first-order chi connectivity index (χ1) is 9.60. The zero-order chi connectivity index (χ0) is 14.5. The molecule has 1 aromatic heterocycles. The van der Waals surface area contributed by atoms with Crippen molar-refractivity contribution in [3.8, 4) is 5.75 Å². The van der Waals surface area contributed by atoms with Gasteiger partial charge in [-0.15, -0.1) is 0 Å². The van der Waals surface area contributed by atoms with E-state index in [0.29, 0.717) is 5.69 Å². The zero-order valence-electron chi connectivity index (χ0n) is 11.2. The zero-order valence-corrected chi connectivity index (χ0v) is 11.2. The number of ether oxygens (including phenoxy) is 1. The number of carbonyl (C=O) groups is 1. The van der Waals surface area contributed by atoms with Gasteiger partial charge in [0.25, 0.3) is 0 Å². The fourth-order valence-electron chi connectivity index (χ4n) is 1.70. The molecule has 20 heavy (non-hydrogen) atoms. The van der Waals surface area contributed by atoms with Gasteiger partial charge in [0.15, 0.2) is 5.69 Å². The number of hydrogen-bond donors (Lipinski definition) is 1. The average Bonchev–Trinajstić information content (AvgIpc) is 2.46. The summed E-state index contributed by atoms with van der Waals surface area (Å²) in [4.78, 5) is 18.5. The van der Waals surface area contributed by atoms with E-state index in [0.717, 1.165) is 16.9 Å². The average molecular weight is 270 g/mol. The molecule has 1 N–H and O–H groups in total. The molecule has 5 nitrogen and oxygen atoms in total. The Bertz CT molecular complexity index is 666. The van der Waals surface area contributed by atoms with E-state index >= 15 is 0 Å². The van der Waals surface area contributed by atoms with Crippen molar-refractivity contribution < 1.29 is 14.6 Å². The summed E-state index contributed by atoms with van der Waals surface area (Å²) in [5, 5.41) is 8.86. The summed E-state index contributed by atoms with van der Waals surface area (Å²) < 4.78 is 5.25. The van der Waals surface area contributed by atoms with E-state index in [2.05, 4.69) is 9.97 Å². The highest BCUT2D eigenvalue weighted by Crippen LogP contribution is 2.20. The number of aromatic carboxylic acids is 1. The molecule has 0 aliphatic rings. The Morgan fingerprint density at radius 3 is 2.75 bits per heavy atom. The molecular weight excluding hydrogens is 256 g/mol. The van der Waals surface area contributed by atoms with Gasteiger partial charge in [-0.05, 0) is 36.3 Å². The van der Waals surface area contributed by atoms with Crippen LogP contribution in [0, 0.1) is 6.92 Å². The summed E-state index contributed by atoms with van der Waals surface area (Å²) in [6.45, 7) is 1.97. The number of rotatable bonds is 4. The number of carboxylic acid groups (broad SMARTS) is 1. The largest absolute Gasteiger partial charge is 0.496 e. The highest BCUT2D eigenvalue weighted by molar-refractivity contribution is 5.86. The van der Waals surface area contributed by atoms with E-state index < -0.39 is 5.97 Å². The van der Waals surface area contributed by atoms with Gasteiger partial charge in [0.05, 0.1) is 12.8 Å². The normalized spacial score (nSPS) is 10.7. The smallest absolute Gasteiger partial charge is 0.354 e. The summed E-state index contributed by atoms with van der Waals surface area (Å²) in [6.07, 6.45) is 4.81. The Kier molecular flexibility index (Phi) is 4.10. The van der Waals surface area contributed by atoms with Crippen molar-refractivity contribution in [2.75, 3.05) is 7.11 Å². The molecule has 0 saturated heterocycles. The van der Waals surface area contributed by atoms with Gasteiger partial charge in [-0.1, -0.05) is 18.2 Å². The summed E-state index contributed by atoms with van der Waals surface area (Å²) in [5.74, 6) is -0.264. The molecule has 0 amide bonds. The van der Waals surface area contributed by atoms with Crippen molar-refractivity contribution in [1.82, 2.24) is 9.97 Å². The first kappa shape index (κ1) is 13.7. The molecule has 0 radical (unpaired) electrons. The minimum absolute atomic E-state index is 0.0267. The predicted molar refractivity (Wildman–Crippen MR) is 75.7 cm³/mol. The second kappa shape index (κ2) is 5.97. The first-order valence-corrected chi connectivity index (χ1v) is 5.98. The Hall–Kier alpha value is -2.69. The van der Waals surface area contributed by atoms with Crippen molar-refractivity contribution in [3.05, 3.63) is 53.1 Å². The van der Waals surface area contributed by atoms with Crippen LogP contribution in [0.15, 0.2) is 30.6 Å². The molecule has 0 spiro atoms. The molecule has 0 aliphatic carbocycles. The minimum Gasteiger partial charge on any atom is -0.496 e. The molecule has 0 unspecified atom stereocenters. The van der Waals surface area contributed by atoms with E-state index in [-0.39, 0.29) is 5.69 Å². The second-order valence-electron chi connectivity index (χ2n) is 4.20. The van der Waals surface area contributed by atoms with Gasteiger partial charge in [-0.2, -0.15) is 0 Å². The maximum atomic E-state index is 10.8. The van der Waals surface area contributed by atoms with E-state index in [9.17, 15) is 4.79 Å². The summed E-state index contributed by atoms with van der Waals surface area (Å²) >= 11 is 0. The van der Waals surface area contributed by atoms with Gasteiger partial charge in [0.1, 0.15) is 12.1 Å². The number of aromatic nitrogens is 2. The van der Waals surface area contributed by atoms with Crippen LogP contribution in [0.25, 0.3) is 12.2 Å². The van der Waals surface area contributed by atoms with Gasteiger partial charge in [0.2, 0.25) is 0 Å². The Labute approximate surface area is 116 Å². The Morgan fingerprint density at radius 2 is 2.05 bits per heavy atom. The fraction of sp³-hybridized carbons (Fsp3) is 0.133. The summed E-state index contributed by atoms with van der Waals surface area (Å²) in [7, 11) is 1.62. The van der Waals surface area contributed by atoms with Crippen LogP contribution in [-0.4, -0.2) is 28.2 Å². The molecule has 5 heteroatoms. The maximum Gasteiger partial charge on any atom is 0.354 e. The SMILES string of the molecule is COc1cc(/C=C/c2cc(C(=O)O)ncn2)ccc1C. The molecule has 0 bridgehead atoms. The topological polar surface area (TPSA) is 72.3 Å². The highest BCUT2D eigenvalue weighted by atomic mass is 16.5. The quantitative estimate of drug-likeness (QED) is 0.924. The van der Waals surface area contributed by atoms with Crippen molar-refractivity contribution in [3.63, 3.8) is 0 Å². The van der Waals surface area contributed by atoms with Gasteiger partial charge in [-0.25, -0.2) is 14.8 Å². The van der Waals surface area contributed by atoms with Gasteiger partial charge < -0.3 is 9.84 Å². The van der Waals surface area contributed by atoms with Gasteiger partial charge in [0, 0.05) is 0 Å². The standard InChI is InChI=1S/C15H14N2O3/c1-10-3-4-11(7-14(10)20-2)5-6-12-8-13(15(18)19)17-9-16-12/h3-9H,1-2H3,(H,18,19)/b6-5+. The number of aryl methyl sites for hydroxylation is 1. The van der Waals surface area contributed by atoms with Crippen LogP contribution >= 0.6 is 0 Å².